The third kappa shape index (κ3) is 2.42. The summed E-state index contributed by atoms with van der Waals surface area (Å²) in [5.74, 6) is -0.186. The third-order valence-electron chi connectivity index (χ3n) is 1.66. The standard InChI is InChI=1S/C9H7ClF2O2/c1-5-2-7(10)8(14-9(11)12)3-6(5)4-13/h2-4,9H,1H3. The van der Waals surface area contributed by atoms with Gasteiger partial charge in [0.05, 0.1) is 5.02 Å². The number of benzene rings is 1. The topological polar surface area (TPSA) is 26.3 Å². The highest BCUT2D eigenvalue weighted by Gasteiger charge is 2.10. The number of aldehydes is 1. The van der Waals surface area contributed by atoms with Crippen LogP contribution in [0.4, 0.5) is 8.78 Å². The second kappa shape index (κ2) is 4.37. The fraction of sp³-hybridized carbons (Fsp3) is 0.222. The van der Waals surface area contributed by atoms with Crippen LogP contribution in [0.25, 0.3) is 0 Å². The molecule has 0 aromatic heterocycles. The van der Waals surface area contributed by atoms with E-state index in [0.717, 1.165) is 0 Å². The van der Waals surface area contributed by atoms with Crippen molar-refractivity contribution in [3.8, 4) is 5.75 Å². The van der Waals surface area contributed by atoms with Crippen molar-refractivity contribution >= 4 is 17.9 Å². The summed E-state index contributed by atoms with van der Waals surface area (Å²) in [5.41, 5.74) is 0.900. The van der Waals surface area contributed by atoms with Gasteiger partial charge < -0.3 is 4.74 Å². The van der Waals surface area contributed by atoms with Crippen molar-refractivity contribution < 1.29 is 18.3 Å². The minimum atomic E-state index is -2.95. The Morgan fingerprint density at radius 2 is 2.14 bits per heavy atom. The lowest BCUT2D eigenvalue weighted by molar-refractivity contribution is -0.0498. The number of hydrogen-bond acceptors (Lipinski definition) is 2. The second-order valence-electron chi connectivity index (χ2n) is 2.64. The maximum Gasteiger partial charge on any atom is 0.387 e. The minimum Gasteiger partial charge on any atom is -0.433 e. The second-order valence-corrected chi connectivity index (χ2v) is 3.04. The molecule has 0 aliphatic carbocycles. The molecule has 0 atom stereocenters. The molecule has 0 saturated heterocycles. The Kier molecular flexibility index (Phi) is 3.41. The molecular formula is C9H7ClF2O2. The Bertz CT molecular complexity index is 353. The van der Waals surface area contributed by atoms with E-state index in [0.29, 0.717) is 11.8 Å². The predicted molar refractivity (Wildman–Crippen MR) is 48.2 cm³/mol. The quantitative estimate of drug-likeness (QED) is 0.732. The van der Waals surface area contributed by atoms with Gasteiger partial charge in [0.1, 0.15) is 12.0 Å². The number of alkyl halides is 2. The SMILES string of the molecule is Cc1cc(Cl)c(OC(F)F)cc1C=O. The molecule has 0 amide bonds. The van der Waals surface area contributed by atoms with Gasteiger partial charge in [0.25, 0.3) is 0 Å². The average Bonchev–Trinajstić information content (AvgIpc) is 2.09. The number of hydrogen-bond donors (Lipinski definition) is 0. The number of carbonyl (C=O) groups excluding carboxylic acids is 1. The van der Waals surface area contributed by atoms with Gasteiger partial charge in [-0.1, -0.05) is 11.6 Å². The maximum atomic E-state index is 11.9. The molecule has 0 radical (unpaired) electrons. The summed E-state index contributed by atoms with van der Waals surface area (Å²) in [6.45, 7) is -1.29. The minimum absolute atomic E-state index is 0.0633. The molecule has 2 nitrogen and oxygen atoms in total. The van der Waals surface area contributed by atoms with Gasteiger partial charge in [0.2, 0.25) is 0 Å². The Balaban J connectivity index is 3.10. The molecule has 5 heteroatoms. The van der Waals surface area contributed by atoms with Gasteiger partial charge in [-0.2, -0.15) is 8.78 Å². The van der Waals surface area contributed by atoms with Crippen molar-refractivity contribution in [1.29, 1.82) is 0 Å². The van der Waals surface area contributed by atoms with Gasteiger partial charge in [0, 0.05) is 5.56 Å². The van der Waals surface area contributed by atoms with Crippen molar-refractivity contribution in [2.75, 3.05) is 0 Å². The van der Waals surface area contributed by atoms with Gasteiger partial charge in [0.15, 0.2) is 0 Å². The smallest absolute Gasteiger partial charge is 0.387 e. The van der Waals surface area contributed by atoms with Crippen LogP contribution < -0.4 is 4.74 Å². The fourth-order valence-corrected chi connectivity index (χ4v) is 1.24. The normalized spacial score (nSPS) is 10.4. The Labute approximate surface area is 84.4 Å². The summed E-state index contributed by atoms with van der Waals surface area (Å²) < 4.78 is 27.9. The highest BCUT2D eigenvalue weighted by molar-refractivity contribution is 6.32. The number of halogens is 3. The zero-order chi connectivity index (χ0) is 10.7. The van der Waals surface area contributed by atoms with Crippen LogP contribution in [-0.4, -0.2) is 12.9 Å². The van der Waals surface area contributed by atoms with Crippen molar-refractivity contribution in [1.82, 2.24) is 0 Å². The van der Waals surface area contributed by atoms with Gasteiger partial charge in [-0.25, -0.2) is 0 Å². The van der Waals surface area contributed by atoms with E-state index in [4.69, 9.17) is 11.6 Å². The first-order valence-electron chi connectivity index (χ1n) is 3.74. The lowest BCUT2D eigenvalue weighted by atomic mass is 10.1. The number of rotatable bonds is 3. The monoisotopic (exact) mass is 220 g/mol. The third-order valence-corrected chi connectivity index (χ3v) is 1.96. The van der Waals surface area contributed by atoms with Gasteiger partial charge in [-0.05, 0) is 24.6 Å². The molecular weight excluding hydrogens is 214 g/mol. The average molecular weight is 221 g/mol. The van der Waals surface area contributed by atoms with Crippen molar-refractivity contribution in [3.05, 3.63) is 28.3 Å². The summed E-state index contributed by atoms with van der Waals surface area (Å²) >= 11 is 5.63. The molecule has 0 fully saturated rings. The molecule has 0 spiro atoms. The molecule has 0 heterocycles. The molecule has 0 N–H and O–H groups in total. The van der Waals surface area contributed by atoms with E-state index in [1.165, 1.54) is 12.1 Å². The first kappa shape index (κ1) is 10.9. The van der Waals surface area contributed by atoms with Crippen LogP contribution in [0, 0.1) is 6.92 Å². The summed E-state index contributed by atoms with van der Waals surface area (Å²) in [7, 11) is 0. The molecule has 0 aliphatic rings. The van der Waals surface area contributed by atoms with E-state index in [-0.39, 0.29) is 16.3 Å². The zero-order valence-corrected chi connectivity index (χ0v) is 8.02. The molecule has 1 aromatic rings. The van der Waals surface area contributed by atoms with Crippen LogP contribution in [0.2, 0.25) is 5.02 Å². The van der Waals surface area contributed by atoms with Gasteiger partial charge in [-0.3, -0.25) is 4.79 Å². The molecule has 1 aromatic carbocycles. The number of aryl methyl sites for hydroxylation is 1. The summed E-state index contributed by atoms with van der Waals surface area (Å²) in [6.07, 6.45) is 0.560. The van der Waals surface area contributed by atoms with Crippen molar-refractivity contribution in [3.63, 3.8) is 0 Å². The Morgan fingerprint density at radius 3 is 2.64 bits per heavy atom. The number of ether oxygens (including phenoxy) is 1. The van der Waals surface area contributed by atoms with Crippen LogP contribution in [0.3, 0.4) is 0 Å². The Hall–Kier alpha value is -1.16. The molecule has 0 aliphatic heterocycles. The number of carbonyl (C=O) groups is 1. The highest BCUT2D eigenvalue weighted by Crippen LogP contribution is 2.28. The van der Waals surface area contributed by atoms with Gasteiger partial charge >= 0.3 is 6.61 Å². The van der Waals surface area contributed by atoms with E-state index < -0.39 is 6.61 Å². The molecule has 0 bridgehead atoms. The molecule has 0 unspecified atom stereocenters. The molecule has 0 saturated carbocycles. The lowest BCUT2D eigenvalue weighted by Gasteiger charge is -2.08. The zero-order valence-electron chi connectivity index (χ0n) is 7.26. The van der Waals surface area contributed by atoms with Crippen LogP contribution in [0.15, 0.2) is 12.1 Å². The molecule has 76 valence electrons. The summed E-state index contributed by atoms with van der Waals surface area (Å²) in [5, 5.41) is 0.0633. The van der Waals surface area contributed by atoms with E-state index in [1.54, 1.807) is 6.92 Å². The predicted octanol–water partition coefficient (Wildman–Crippen LogP) is 3.06. The van der Waals surface area contributed by atoms with Gasteiger partial charge in [-0.15, -0.1) is 0 Å². The Morgan fingerprint density at radius 1 is 1.50 bits per heavy atom. The van der Waals surface area contributed by atoms with E-state index in [2.05, 4.69) is 4.74 Å². The van der Waals surface area contributed by atoms with Crippen molar-refractivity contribution in [2.45, 2.75) is 13.5 Å². The highest BCUT2D eigenvalue weighted by atomic mass is 35.5. The van der Waals surface area contributed by atoms with E-state index >= 15 is 0 Å². The maximum absolute atomic E-state index is 11.9. The lowest BCUT2D eigenvalue weighted by Crippen LogP contribution is -2.03. The van der Waals surface area contributed by atoms with E-state index in [9.17, 15) is 13.6 Å². The van der Waals surface area contributed by atoms with E-state index in [1.807, 2.05) is 0 Å². The van der Waals surface area contributed by atoms with Crippen molar-refractivity contribution in [2.24, 2.45) is 0 Å². The van der Waals surface area contributed by atoms with Crippen LogP contribution in [-0.2, 0) is 0 Å². The van der Waals surface area contributed by atoms with Crippen LogP contribution >= 0.6 is 11.6 Å². The first-order chi connectivity index (χ1) is 6.54. The fourth-order valence-electron chi connectivity index (χ4n) is 0.982. The molecule has 14 heavy (non-hydrogen) atoms. The summed E-state index contributed by atoms with van der Waals surface area (Å²) in [6, 6.07) is 2.60. The van der Waals surface area contributed by atoms with Crippen LogP contribution in [0.5, 0.6) is 5.75 Å². The first-order valence-corrected chi connectivity index (χ1v) is 4.12. The van der Waals surface area contributed by atoms with Crippen LogP contribution in [0.1, 0.15) is 15.9 Å². The summed E-state index contributed by atoms with van der Waals surface area (Å²) in [4.78, 5) is 10.5. The molecule has 1 rings (SSSR count). The largest absolute Gasteiger partial charge is 0.433 e.